The first-order valence-corrected chi connectivity index (χ1v) is 13.3. The van der Waals surface area contributed by atoms with Crippen LogP contribution in [0.5, 0.6) is 5.75 Å². The lowest BCUT2D eigenvalue weighted by Gasteiger charge is -2.18. The number of hydrazone groups is 1. The fourth-order valence-corrected chi connectivity index (χ4v) is 5.20. The van der Waals surface area contributed by atoms with Crippen molar-refractivity contribution in [1.82, 2.24) is 5.43 Å². The number of nitrogens with one attached hydrogen (secondary N) is 1. The van der Waals surface area contributed by atoms with Gasteiger partial charge in [0.25, 0.3) is 0 Å². The van der Waals surface area contributed by atoms with E-state index in [9.17, 15) is 9.59 Å². The number of hydrogen-bond acceptors (Lipinski definition) is 4. The standard InChI is InChI=1S/C30H22Br2N2O3/c31-24-13-11-20(12-14-24)29(36)37-27-16-15-25(32)17-21(27)19-33-34-28(35)26-18-30(26,22-7-3-1-4-8-22)23-9-5-2-6-10-23/h1-17,19,26H,18H2,(H,34,35)/b33-19+/t26-/m1/s1. The molecular weight excluding hydrogens is 596 g/mol. The Morgan fingerprint density at radius 3 is 2.05 bits per heavy atom. The van der Waals surface area contributed by atoms with Gasteiger partial charge in [0.05, 0.1) is 17.7 Å². The van der Waals surface area contributed by atoms with Crippen molar-refractivity contribution in [3.05, 3.63) is 134 Å². The topological polar surface area (TPSA) is 67.8 Å². The minimum Gasteiger partial charge on any atom is -0.422 e. The van der Waals surface area contributed by atoms with Crippen molar-refractivity contribution in [3.8, 4) is 5.75 Å². The number of halogens is 2. The van der Waals surface area contributed by atoms with Crippen LogP contribution in [0.25, 0.3) is 0 Å². The third kappa shape index (κ3) is 5.43. The molecule has 0 unspecified atom stereocenters. The molecule has 184 valence electrons. The summed E-state index contributed by atoms with van der Waals surface area (Å²) >= 11 is 6.80. The molecule has 0 bridgehead atoms. The van der Waals surface area contributed by atoms with Crippen LogP contribution < -0.4 is 10.2 Å². The Hall–Kier alpha value is -3.55. The minimum absolute atomic E-state index is 0.160. The van der Waals surface area contributed by atoms with Gasteiger partial charge >= 0.3 is 5.97 Å². The predicted octanol–water partition coefficient (Wildman–Crippen LogP) is 6.89. The van der Waals surface area contributed by atoms with Crippen molar-refractivity contribution in [2.45, 2.75) is 11.8 Å². The van der Waals surface area contributed by atoms with Crippen molar-refractivity contribution in [2.75, 3.05) is 0 Å². The van der Waals surface area contributed by atoms with Crippen molar-refractivity contribution >= 4 is 50.0 Å². The Morgan fingerprint density at radius 1 is 0.838 bits per heavy atom. The first-order valence-electron chi connectivity index (χ1n) is 11.7. The van der Waals surface area contributed by atoms with Gasteiger partial charge in [-0.05, 0) is 60.0 Å². The second-order valence-corrected chi connectivity index (χ2v) is 10.6. The number of hydrogen-bond donors (Lipinski definition) is 1. The number of carbonyl (C=O) groups excluding carboxylic acids is 2. The van der Waals surface area contributed by atoms with E-state index in [2.05, 4.69) is 66.7 Å². The van der Waals surface area contributed by atoms with Crippen LogP contribution in [0.1, 0.15) is 33.5 Å². The summed E-state index contributed by atoms with van der Waals surface area (Å²) in [5.74, 6) is -0.551. The zero-order chi connectivity index (χ0) is 25.8. The summed E-state index contributed by atoms with van der Waals surface area (Å²) in [6.07, 6.45) is 2.19. The largest absolute Gasteiger partial charge is 0.422 e. The molecule has 37 heavy (non-hydrogen) atoms. The molecule has 4 aromatic carbocycles. The number of carbonyl (C=O) groups is 2. The average Bonchev–Trinajstić information content (AvgIpc) is 3.69. The fourth-order valence-electron chi connectivity index (χ4n) is 4.56. The highest BCUT2D eigenvalue weighted by molar-refractivity contribution is 9.10. The Balaban J connectivity index is 1.32. The molecule has 5 nitrogen and oxygen atoms in total. The predicted molar refractivity (Wildman–Crippen MR) is 151 cm³/mol. The lowest BCUT2D eigenvalue weighted by Crippen LogP contribution is -2.25. The second kappa shape index (κ2) is 10.8. The number of benzene rings is 4. The highest BCUT2D eigenvalue weighted by Gasteiger charge is 2.60. The van der Waals surface area contributed by atoms with Crippen LogP contribution in [-0.2, 0) is 10.2 Å². The van der Waals surface area contributed by atoms with Gasteiger partial charge in [-0.3, -0.25) is 4.79 Å². The lowest BCUT2D eigenvalue weighted by atomic mass is 9.85. The Bertz CT molecular complexity index is 1420. The van der Waals surface area contributed by atoms with Crippen molar-refractivity contribution < 1.29 is 14.3 Å². The normalized spacial score (nSPS) is 15.8. The van der Waals surface area contributed by atoms with Crippen molar-refractivity contribution in [2.24, 2.45) is 11.0 Å². The molecule has 0 radical (unpaired) electrons. The maximum Gasteiger partial charge on any atom is 0.343 e. The summed E-state index contributed by atoms with van der Waals surface area (Å²) < 4.78 is 7.27. The molecule has 0 heterocycles. The van der Waals surface area contributed by atoms with Gasteiger partial charge in [0.15, 0.2) is 0 Å². The number of nitrogens with zero attached hydrogens (tertiary/aromatic N) is 1. The van der Waals surface area contributed by atoms with Crippen LogP contribution >= 0.6 is 31.9 Å². The van der Waals surface area contributed by atoms with E-state index < -0.39 is 5.97 Å². The molecule has 1 saturated carbocycles. The maximum absolute atomic E-state index is 13.2. The Kier molecular flexibility index (Phi) is 7.35. The number of ether oxygens (including phenoxy) is 1. The summed E-state index contributed by atoms with van der Waals surface area (Å²) in [7, 11) is 0. The van der Waals surface area contributed by atoms with Crippen molar-refractivity contribution in [3.63, 3.8) is 0 Å². The van der Waals surface area contributed by atoms with Crippen LogP contribution in [0.15, 0.2) is 117 Å². The first kappa shape index (κ1) is 25.1. The van der Waals surface area contributed by atoms with Crippen LogP contribution in [0.4, 0.5) is 0 Å². The van der Waals surface area contributed by atoms with Crippen LogP contribution in [0.3, 0.4) is 0 Å². The van der Waals surface area contributed by atoms with Crippen LogP contribution in [0, 0.1) is 5.92 Å². The molecule has 4 aromatic rings. The summed E-state index contributed by atoms with van der Waals surface area (Å²) in [5.41, 5.74) is 5.52. The third-order valence-electron chi connectivity index (χ3n) is 6.49. The summed E-state index contributed by atoms with van der Waals surface area (Å²) in [4.78, 5) is 25.8. The molecule has 5 rings (SSSR count). The van der Waals surface area contributed by atoms with Gasteiger partial charge in [-0.2, -0.15) is 5.10 Å². The summed E-state index contributed by atoms with van der Waals surface area (Å²) in [6, 6.07) is 32.3. The van der Waals surface area contributed by atoms with Crippen LogP contribution in [0.2, 0.25) is 0 Å². The smallest absolute Gasteiger partial charge is 0.343 e. The molecule has 7 heteroatoms. The monoisotopic (exact) mass is 616 g/mol. The third-order valence-corrected chi connectivity index (χ3v) is 7.51. The Labute approximate surface area is 231 Å². The molecular formula is C30H22Br2N2O3. The lowest BCUT2D eigenvalue weighted by molar-refractivity contribution is -0.122. The maximum atomic E-state index is 13.2. The highest BCUT2D eigenvalue weighted by Crippen LogP contribution is 2.58. The fraction of sp³-hybridized carbons (Fsp3) is 0.100. The number of rotatable bonds is 7. The summed E-state index contributed by atoms with van der Waals surface area (Å²) in [6.45, 7) is 0. The Morgan fingerprint density at radius 2 is 1.43 bits per heavy atom. The van der Waals surface area contributed by atoms with Gasteiger partial charge in [0.2, 0.25) is 5.91 Å². The minimum atomic E-state index is -0.484. The molecule has 1 atom stereocenters. The quantitative estimate of drug-likeness (QED) is 0.106. The van der Waals surface area contributed by atoms with E-state index in [0.29, 0.717) is 23.3 Å². The molecule has 0 spiro atoms. The van der Waals surface area contributed by atoms with E-state index in [1.807, 2.05) is 36.4 Å². The van der Waals surface area contributed by atoms with E-state index in [1.165, 1.54) is 6.21 Å². The SMILES string of the molecule is O=C(Oc1ccc(Br)cc1/C=N/NC(=O)[C@H]1CC1(c1ccccc1)c1ccccc1)c1ccc(Br)cc1. The molecule has 1 aliphatic rings. The number of amides is 1. The van der Waals surface area contributed by atoms with Crippen LogP contribution in [-0.4, -0.2) is 18.1 Å². The van der Waals surface area contributed by atoms with Gasteiger partial charge in [-0.25, -0.2) is 10.2 Å². The van der Waals surface area contributed by atoms with Gasteiger partial charge in [-0.15, -0.1) is 0 Å². The van der Waals surface area contributed by atoms with E-state index in [-0.39, 0.29) is 17.2 Å². The molecule has 1 N–H and O–H groups in total. The molecule has 0 saturated heterocycles. The molecule has 1 aliphatic carbocycles. The van der Waals surface area contributed by atoms with E-state index in [1.54, 1.807) is 42.5 Å². The average molecular weight is 618 g/mol. The van der Waals surface area contributed by atoms with E-state index in [0.717, 1.165) is 20.1 Å². The van der Waals surface area contributed by atoms with Gasteiger partial charge < -0.3 is 4.74 Å². The number of esters is 1. The molecule has 0 aromatic heterocycles. The highest BCUT2D eigenvalue weighted by atomic mass is 79.9. The van der Waals surface area contributed by atoms with Gasteiger partial charge in [0, 0.05) is 19.9 Å². The van der Waals surface area contributed by atoms with E-state index >= 15 is 0 Å². The first-order chi connectivity index (χ1) is 18.0. The zero-order valence-corrected chi connectivity index (χ0v) is 22.8. The molecule has 1 amide bonds. The van der Waals surface area contributed by atoms with E-state index in [4.69, 9.17) is 4.74 Å². The second-order valence-electron chi connectivity index (χ2n) is 8.77. The van der Waals surface area contributed by atoms with Gasteiger partial charge in [0.1, 0.15) is 5.75 Å². The molecule has 1 fully saturated rings. The zero-order valence-electron chi connectivity index (χ0n) is 19.6. The summed E-state index contributed by atoms with van der Waals surface area (Å²) in [5, 5.41) is 4.21. The molecule has 0 aliphatic heterocycles. The van der Waals surface area contributed by atoms with Gasteiger partial charge in [-0.1, -0.05) is 92.5 Å². The van der Waals surface area contributed by atoms with Crippen molar-refractivity contribution in [1.29, 1.82) is 0 Å².